The molecule has 5 heteroatoms. The molecule has 19 heavy (non-hydrogen) atoms. The monoisotopic (exact) mass is 371 g/mol. The lowest BCUT2D eigenvalue weighted by Gasteiger charge is -1.99. The molecule has 0 unspecified atom stereocenters. The second kappa shape index (κ2) is 7.59. The summed E-state index contributed by atoms with van der Waals surface area (Å²) in [7, 11) is 0. The summed E-state index contributed by atoms with van der Waals surface area (Å²) >= 11 is 2.28. The molecule has 0 atom stereocenters. The first kappa shape index (κ1) is 14.5. The van der Waals surface area contributed by atoms with E-state index in [0.717, 1.165) is 37.9 Å². The van der Waals surface area contributed by atoms with Crippen LogP contribution in [0, 0.1) is 3.57 Å². The van der Waals surface area contributed by atoms with Crippen LogP contribution in [0.2, 0.25) is 0 Å². The van der Waals surface area contributed by atoms with Crippen LogP contribution in [0.1, 0.15) is 25.7 Å². The Bertz CT molecular complexity index is 496. The van der Waals surface area contributed by atoms with Gasteiger partial charge >= 0.3 is 0 Å². The summed E-state index contributed by atoms with van der Waals surface area (Å²) in [4.78, 5) is 0. The van der Waals surface area contributed by atoms with Crippen molar-refractivity contribution in [2.24, 2.45) is 0 Å². The van der Waals surface area contributed by atoms with E-state index >= 15 is 0 Å². The third-order valence-corrected chi connectivity index (χ3v) is 3.45. The zero-order chi connectivity index (χ0) is 13.5. The number of rotatable bonds is 7. The van der Waals surface area contributed by atoms with Crippen LogP contribution in [0.4, 0.5) is 0 Å². The van der Waals surface area contributed by atoms with Crippen LogP contribution >= 0.6 is 22.6 Å². The van der Waals surface area contributed by atoms with Crippen LogP contribution in [-0.4, -0.2) is 23.3 Å². The largest absolute Gasteiger partial charge is 0.421 e. The van der Waals surface area contributed by atoms with Gasteiger partial charge in [-0.3, -0.25) is 0 Å². The predicted molar refractivity (Wildman–Crippen MR) is 83.9 cm³/mol. The first-order chi connectivity index (χ1) is 9.29. The van der Waals surface area contributed by atoms with Gasteiger partial charge in [-0.25, -0.2) is 0 Å². The first-order valence-corrected chi connectivity index (χ1v) is 7.66. The van der Waals surface area contributed by atoms with Crippen molar-refractivity contribution in [3.05, 3.63) is 33.7 Å². The van der Waals surface area contributed by atoms with Gasteiger partial charge in [0.15, 0.2) is 0 Å². The lowest BCUT2D eigenvalue weighted by Crippen LogP contribution is -2.16. The number of aromatic nitrogens is 2. The summed E-state index contributed by atoms with van der Waals surface area (Å²) in [5.41, 5.74) is 0.975. The minimum Gasteiger partial charge on any atom is -0.421 e. The van der Waals surface area contributed by atoms with Crippen molar-refractivity contribution in [1.29, 1.82) is 0 Å². The molecule has 0 bridgehead atoms. The fourth-order valence-electron chi connectivity index (χ4n) is 1.73. The predicted octanol–water partition coefficient (Wildman–Crippen LogP) is 3.27. The van der Waals surface area contributed by atoms with Crippen molar-refractivity contribution >= 4 is 22.6 Å². The Morgan fingerprint density at radius 2 is 1.95 bits per heavy atom. The summed E-state index contributed by atoms with van der Waals surface area (Å²) in [5.74, 6) is 1.32. The Morgan fingerprint density at radius 3 is 2.68 bits per heavy atom. The highest BCUT2D eigenvalue weighted by Crippen LogP contribution is 2.19. The molecule has 0 amide bonds. The minimum atomic E-state index is 0.605. The lowest BCUT2D eigenvalue weighted by atomic mass is 10.2. The third kappa shape index (κ3) is 4.58. The van der Waals surface area contributed by atoms with Crippen LogP contribution in [0.25, 0.3) is 11.5 Å². The molecule has 0 aliphatic carbocycles. The van der Waals surface area contributed by atoms with Gasteiger partial charge < -0.3 is 9.73 Å². The summed E-state index contributed by atoms with van der Waals surface area (Å²) in [6.45, 7) is 4.23. The highest BCUT2D eigenvalue weighted by molar-refractivity contribution is 14.1. The lowest BCUT2D eigenvalue weighted by molar-refractivity contribution is 0.491. The second-order valence-corrected chi connectivity index (χ2v) is 5.61. The Hall–Kier alpha value is -0.950. The van der Waals surface area contributed by atoms with E-state index < -0.39 is 0 Å². The van der Waals surface area contributed by atoms with E-state index in [9.17, 15) is 0 Å². The summed E-state index contributed by atoms with van der Waals surface area (Å²) < 4.78 is 6.86. The van der Waals surface area contributed by atoms with E-state index in [1.165, 1.54) is 3.57 Å². The summed E-state index contributed by atoms with van der Waals surface area (Å²) in [6.07, 6.45) is 3.01. The van der Waals surface area contributed by atoms with Crippen LogP contribution in [-0.2, 0) is 6.42 Å². The number of hydrogen-bond donors (Lipinski definition) is 1. The van der Waals surface area contributed by atoms with Crippen molar-refractivity contribution in [3.8, 4) is 11.5 Å². The van der Waals surface area contributed by atoms with Gasteiger partial charge in [-0.05, 0) is 72.8 Å². The molecule has 1 aromatic heterocycles. The molecular formula is C14H18IN3O. The second-order valence-electron chi connectivity index (χ2n) is 4.36. The smallest absolute Gasteiger partial charge is 0.247 e. The molecule has 1 N–H and O–H groups in total. The SMILES string of the molecule is CCCNCCCc1nnc(-c2ccc(I)cc2)o1. The standard InChI is InChI=1S/C14H18IN3O/c1-2-9-16-10-3-4-13-17-18-14(19-13)11-5-7-12(15)8-6-11/h5-8,16H,2-4,9-10H2,1H3. The Labute approximate surface area is 127 Å². The zero-order valence-electron chi connectivity index (χ0n) is 11.0. The van der Waals surface area contributed by atoms with Crippen molar-refractivity contribution in [1.82, 2.24) is 15.5 Å². The Morgan fingerprint density at radius 1 is 1.16 bits per heavy atom. The quantitative estimate of drug-likeness (QED) is 0.600. The van der Waals surface area contributed by atoms with E-state index in [0.29, 0.717) is 11.8 Å². The van der Waals surface area contributed by atoms with Crippen LogP contribution in [0.15, 0.2) is 28.7 Å². The number of halogens is 1. The minimum absolute atomic E-state index is 0.605. The van der Waals surface area contributed by atoms with Crippen LogP contribution in [0.3, 0.4) is 0 Å². The molecule has 0 radical (unpaired) electrons. The number of hydrogen-bond acceptors (Lipinski definition) is 4. The number of nitrogens with zero attached hydrogens (tertiary/aromatic N) is 2. The van der Waals surface area contributed by atoms with Gasteiger partial charge in [0.2, 0.25) is 11.8 Å². The molecule has 2 rings (SSSR count). The molecule has 1 heterocycles. The maximum atomic E-state index is 5.66. The Kier molecular flexibility index (Phi) is 5.78. The topological polar surface area (TPSA) is 51.0 Å². The van der Waals surface area contributed by atoms with E-state index in [1.807, 2.05) is 24.3 Å². The fourth-order valence-corrected chi connectivity index (χ4v) is 2.09. The molecule has 0 fully saturated rings. The molecule has 102 valence electrons. The van der Waals surface area contributed by atoms with Crippen LogP contribution < -0.4 is 5.32 Å². The average molecular weight is 371 g/mol. The molecule has 4 nitrogen and oxygen atoms in total. The van der Waals surface area contributed by atoms with Crippen molar-refractivity contribution in [2.75, 3.05) is 13.1 Å². The van der Waals surface area contributed by atoms with Gasteiger partial charge in [-0.15, -0.1) is 10.2 Å². The van der Waals surface area contributed by atoms with Crippen molar-refractivity contribution in [3.63, 3.8) is 0 Å². The van der Waals surface area contributed by atoms with Crippen LogP contribution in [0.5, 0.6) is 0 Å². The Balaban J connectivity index is 1.86. The van der Waals surface area contributed by atoms with Crippen molar-refractivity contribution < 1.29 is 4.42 Å². The molecule has 0 aliphatic heterocycles. The molecule has 0 aliphatic rings. The summed E-state index contributed by atoms with van der Waals surface area (Å²) in [5, 5.41) is 11.5. The van der Waals surface area contributed by atoms with Gasteiger partial charge in [-0.2, -0.15) is 0 Å². The van der Waals surface area contributed by atoms with E-state index in [2.05, 4.69) is 45.0 Å². The highest BCUT2D eigenvalue weighted by Gasteiger charge is 2.07. The highest BCUT2D eigenvalue weighted by atomic mass is 127. The van der Waals surface area contributed by atoms with E-state index in [1.54, 1.807) is 0 Å². The molecule has 0 saturated carbocycles. The normalized spacial score (nSPS) is 10.8. The zero-order valence-corrected chi connectivity index (χ0v) is 13.2. The summed E-state index contributed by atoms with van der Waals surface area (Å²) in [6, 6.07) is 8.08. The fraction of sp³-hybridized carbons (Fsp3) is 0.429. The number of benzene rings is 1. The van der Waals surface area contributed by atoms with Gasteiger partial charge in [0.1, 0.15) is 0 Å². The van der Waals surface area contributed by atoms with Gasteiger partial charge in [0.05, 0.1) is 0 Å². The van der Waals surface area contributed by atoms with E-state index in [-0.39, 0.29) is 0 Å². The average Bonchev–Trinajstić information content (AvgIpc) is 2.88. The third-order valence-electron chi connectivity index (χ3n) is 2.73. The number of aryl methyl sites for hydroxylation is 1. The molecule has 0 spiro atoms. The van der Waals surface area contributed by atoms with Gasteiger partial charge in [0, 0.05) is 15.6 Å². The first-order valence-electron chi connectivity index (χ1n) is 6.58. The van der Waals surface area contributed by atoms with Gasteiger partial charge in [-0.1, -0.05) is 6.92 Å². The molecule has 0 saturated heterocycles. The molecule has 2 aromatic rings. The molecular weight excluding hydrogens is 353 g/mol. The maximum Gasteiger partial charge on any atom is 0.247 e. The number of nitrogens with one attached hydrogen (secondary N) is 1. The molecule has 1 aromatic carbocycles. The van der Waals surface area contributed by atoms with Gasteiger partial charge in [0.25, 0.3) is 0 Å². The van der Waals surface area contributed by atoms with E-state index in [4.69, 9.17) is 4.42 Å². The maximum absolute atomic E-state index is 5.66. The van der Waals surface area contributed by atoms with Crippen molar-refractivity contribution in [2.45, 2.75) is 26.2 Å².